The first kappa shape index (κ1) is 18.0. The fourth-order valence-corrected chi connectivity index (χ4v) is 4.08. The lowest BCUT2D eigenvalue weighted by Gasteiger charge is -2.26. The summed E-state index contributed by atoms with van der Waals surface area (Å²) in [6.45, 7) is 0.327. The number of rotatable bonds is 4. The molecule has 0 bridgehead atoms. The van der Waals surface area contributed by atoms with E-state index >= 15 is 0 Å². The first-order valence-corrected chi connectivity index (χ1v) is 9.81. The summed E-state index contributed by atoms with van der Waals surface area (Å²) in [6, 6.07) is 18.5. The second-order valence-corrected chi connectivity index (χ2v) is 7.63. The molecule has 7 heteroatoms. The van der Waals surface area contributed by atoms with E-state index in [0.29, 0.717) is 28.0 Å². The summed E-state index contributed by atoms with van der Waals surface area (Å²) in [4.78, 5) is 15.0. The zero-order chi connectivity index (χ0) is 20.0. The van der Waals surface area contributed by atoms with Gasteiger partial charge < -0.3 is 9.32 Å². The average molecular weight is 424 g/mol. The van der Waals surface area contributed by atoms with E-state index in [2.05, 4.69) is 10.2 Å². The van der Waals surface area contributed by atoms with Gasteiger partial charge in [0.05, 0.1) is 34.6 Å². The van der Waals surface area contributed by atoms with Crippen LogP contribution in [0.3, 0.4) is 0 Å². The van der Waals surface area contributed by atoms with Crippen molar-refractivity contribution in [1.29, 1.82) is 0 Å². The van der Waals surface area contributed by atoms with Gasteiger partial charge in [0.2, 0.25) is 0 Å². The minimum absolute atomic E-state index is 0.137. The lowest BCUT2D eigenvalue weighted by atomic mass is 9.96. The molecular weight excluding hydrogens is 409 g/mol. The number of furan rings is 1. The number of carbonyl (C=O) groups is 1. The third-order valence-corrected chi connectivity index (χ3v) is 5.82. The fourth-order valence-electron chi connectivity index (χ4n) is 3.78. The maximum absolute atomic E-state index is 13.3. The van der Waals surface area contributed by atoms with Crippen LogP contribution in [0, 0.1) is 0 Å². The van der Waals surface area contributed by atoms with E-state index in [1.165, 1.54) is 0 Å². The number of amides is 1. The molecule has 1 amide bonds. The van der Waals surface area contributed by atoms with E-state index in [0.717, 1.165) is 22.4 Å². The minimum atomic E-state index is -0.369. The normalized spacial score (nSPS) is 15.7. The van der Waals surface area contributed by atoms with Gasteiger partial charge in [-0.15, -0.1) is 0 Å². The number of aromatic amines is 1. The Labute approximate surface area is 176 Å². The second kappa shape index (κ2) is 7.10. The second-order valence-electron chi connectivity index (χ2n) is 6.82. The Kier molecular flexibility index (Phi) is 4.42. The van der Waals surface area contributed by atoms with Gasteiger partial charge in [0, 0.05) is 11.1 Å². The number of hydrogen-bond acceptors (Lipinski definition) is 3. The van der Waals surface area contributed by atoms with Crippen LogP contribution in [-0.2, 0) is 6.54 Å². The maximum atomic E-state index is 13.3. The number of halogens is 2. The molecule has 1 aliphatic rings. The molecule has 0 radical (unpaired) electrons. The molecule has 1 atom stereocenters. The van der Waals surface area contributed by atoms with E-state index < -0.39 is 0 Å². The molecule has 2 aromatic carbocycles. The monoisotopic (exact) mass is 423 g/mol. The summed E-state index contributed by atoms with van der Waals surface area (Å²) in [6.07, 6.45) is 1.60. The summed E-state index contributed by atoms with van der Waals surface area (Å²) < 4.78 is 5.49. The molecule has 2 aromatic heterocycles. The van der Waals surface area contributed by atoms with Crippen LogP contribution in [0.5, 0.6) is 0 Å². The van der Waals surface area contributed by atoms with Crippen LogP contribution >= 0.6 is 23.2 Å². The molecule has 1 N–H and O–H groups in total. The Balaban J connectivity index is 1.68. The highest BCUT2D eigenvalue weighted by atomic mass is 35.5. The first-order chi connectivity index (χ1) is 14.1. The third-order valence-electron chi connectivity index (χ3n) is 5.08. The van der Waals surface area contributed by atoms with Crippen LogP contribution in [0.25, 0.3) is 11.3 Å². The Bertz CT molecular complexity index is 1190. The molecule has 3 heterocycles. The number of nitrogens with zero attached hydrogens (tertiary/aromatic N) is 2. The van der Waals surface area contributed by atoms with Gasteiger partial charge >= 0.3 is 0 Å². The third kappa shape index (κ3) is 3.03. The largest absolute Gasteiger partial charge is 0.467 e. The van der Waals surface area contributed by atoms with Crippen molar-refractivity contribution in [2.45, 2.75) is 12.6 Å². The molecule has 1 unspecified atom stereocenters. The average Bonchev–Trinajstić information content (AvgIpc) is 3.45. The zero-order valence-electron chi connectivity index (χ0n) is 15.1. The van der Waals surface area contributed by atoms with E-state index in [4.69, 9.17) is 27.6 Å². The number of carbonyl (C=O) groups excluding carboxylic acids is 1. The van der Waals surface area contributed by atoms with Gasteiger partial charge in [-0.05, 0) is 29.8 Å². The van der Waals surface area contributed by atoms with E-state index in [-0.39, 0.29) is 11.9 Å². The summed E-state index contributed by atoms with van der Waals surface area (Å²) in [5, 5.41) is 8.29. The summed E-state index contributed by atoms with van der Waals surface area (Å²) in [5.74, 6) is 0.560. The molecule has 1 aliphatic heterocycles. The van der Waals surface area contributed by atoms with Gasteiger partial charge in [0.1, 0.15) is 11.5 Å². The lowest BCUT2D eigenvalue weighted by molar-refractivity contribution is 0.0717. The highest BCUT2D eigenvalue weighted by Gasteiger charge is 2.42. The van der Waals surface area contributed by atoms with Crippen molar-refractivity contribution in [3.8, 4) is 11.3 Å². The quantitative estimate of drug-likeness (QED) is 0.456. The fraction of sp³-hybridized carbons (Fsp3) is 0.0909. The molecule has 0 saturated heterocycles. The number of nitrogens with one attached hydrogen (secondary N) is 1. The Morgan fingerprint density at radius 1 is 1.03 bits per heavy atom. The van der Waals surface area contributed by atoms with Crippen LogP contribution in [0.1, 0.15) is 33.4 Å². The van der Waals surface area contributed by atoms with Gasteiger partial charge in [0.15, 0.2) is 0 Å². The van der Waals surface area contributed by atoms with Crippen LogP contribution in [0.15, 0.2) is 71.3 Å². The Hall–Kier alpha value is -3.02. The van der Waals surface area contributed by atoms with Crippen molar-refractivity contribution in [3.63, 3.8) is 0 Å². The van der Waals surface area contributed by atoms with Crippen molar-refractivity contribution in [3.05, 3.63) is 99.6 Å². The lowest BCUT2D eigenvalue weighted by Crippen LogP contribution is -2.29. The highest BCUT2D eigenvalue weighted by molar-refractivity contribution is 6.42. The summed E-state index contributed by atoms with van der Waals surface area (Å²) in [5.41, 5.74) is 3.84. The molecule has 0 spiro atoms. The summed E-state index contributed by atoms with van der Waals surface area (Å²) >= 11 is 12.4. The molecule has 29 heavy (non-hydrogen) atoms. The topological polar surface area (TPSA) is 62.1 Å². The van der Waals surface area contributed by atoms with Crippen molar-refractivity contribution in [2.24, 2.45) is 0 Å². The molecule has 4 aromatic rings. The highest BCUT2D eigenvalue weighted by Crippen LogP contribution is 2.44. The number of hydrogen-bond donors (Lipinski definition) is 1. The van der Waals surface area contributed by atoms with Crippen molar-refractivity contribution in [1.82, 2.24) is 15.1 Å². The molecule has 144 valence electrons. The van der Waals surface area contributed by atoms with Gasteiger partial charge in [-0.3, -0.25) is 9.89 Å². The van der Waals surface area contributed by atoms with Gasteiger partial charge in [-0.25, -0.2) is 0 Å². The molecule has 0 saturated carbocycles. The molecule has 0 aliphatic carbocycles. The van der Waals surface area contributed by atoms with E-state index in [1.807, 2.05) is 42.5 Å². The molecule has 5 rings (SSSR count). The maximum Gasteiger partial charge on any atom is 0.273 e. The standard InChI is InChI=1S/C22H15Cl2N3O2/c23-16-9-8-14(11-17(16)24)21-18-19(13-5-2-1-3-6-13)25-26-20(18)22(28)27(21)12-15-7-4-10-29-15/h1-11,21H,12H2,(H,25,26). The Morgan fingerprint density at radius 3 is 2.59 bits per heavy atom. The zero-order valence-corrected chi connectivity index (χ0v) is 16.6. The van der Waals surface area contributed by atoms with Gasteiger partial charge in [-0.1, -0.05) is 59.6 Å². The molecule has 5 nitrogen and oxygen atoms in total. The van der Waals surface area contributed by atoms with Crippen LogP contribution < -0.4 is 0 Å². The number of aromatic nitrogens is 2. The van der Waals surface area contributed by atoms with Crippen molar-refractivity contribution < 1.29 is 9.21 Å². The van der Waals surface area contributed by atoms with Crippen LogP contribution in [0.4, 0.5) is 0 Å². The predicted molar refractivity (Wildman–Crippen MR) is 111 cm³/mol. The SMILES string of the molecule is O=C1c2[nH]nc(-c3ccccc3)c2C(c2ccc(Cl)c(Cl)c2)N1Cc1ccco1. The van der Waals surface area contributed by atoms with Crippen LogP contribution in [-0.4, -0.2) is 21.0 Å². The number of H-pyrrole nitrogens is 1. The summed E-state index contributed by atoms with van der Waals surface area (Å²) in [7, 11) is 0. The van der Waals surface area contributed by atoms with Crippen LogP contribution in [0.2, 0.25) is 10.0 Å². The predicted octanol–water partition coefficient (Wildman–Crippen LogP) is 5.72. The smallest absolute Gasteiger partial charge is 0.273 e. The van der Waals surface area contributed by atoms with Gasteiger partial charge in [-0.2, -0.15) is 5.10 Å². The van der Waals surface area contributed by atoms with E-state index in [9.17, 15) is 4.79 Å². The van der Waals surface area contributed by atoms with Crippen molar-refractivity contribution in [2.75, 3.05) is 0 Å². The minimum Gasteiger partial charge on any atom is -0.467 e. The number of fused-ring (bicyclic) bond motifs is 1. The van der Waals surface area contributed by atoms with Gasteiger partial charge in [0.25, 0.3) is 5.91 Å². The number of benzene rings is 2. The Morgan fingerprint density at radius 2 is 1.86 bits per heavy atom. The first-order valence-electron chi connectivity index (χ1n) is 9.05. The van der Waals surface area contributed by atoms with Crippen molar-refractivity contribution >= 4 is 29.1 Å². The molecule has 0 fully saturated rings. The molecular formula is C22H15Cl2N3O2. The van der Waals surface area contributed by atoms with E-state index in [1.54, 1.807) is 29.4 Å².